The molecule has 2 aromatic heterocycles. The van der Waals surface area contributed by atoms with Gasteiger partial charge < -0.3 is 19.0 Å². The summed E-state index contributed by atoms with van der Waals surface area (Å²) in [5.41, 5.74) is 3.70. The van der Waals surface area contributed by atoms with Gasteiger partial charge in [-0.05, 0) is 48.2 Å². The average Bonchev–Trinajstić information content (AvgIpc) is 3.59. The fraction of sp³-hybridized carbons (Fsp3) is 0.226. The van der Waals surface area contributed by atoms with Crippen molar-refractivity contribution in [2.24, 2.45) is 0 Å². The molecule has 0 spiro atoms. The molecule has 1 unspecified atom stereocenters. The quantitative estimate of drug-likeness (QED) is 0.223. The summed E-state index contributed by atoms with van der Waals surface area (Å²) in [5, 5.41) is 0.238. The number of aromatic nitrogens is 3. The van der Waals surface area contributed by atoms with Crippen LogP contribution in [0.15, 0.2) is 60.9 Å². The summed E-state index contributed by atoms with van der Waals surface area (Å²) in [7, 11) is 0. The molecule has 6 rings (SSSR count). The number of esters is 1. The molecule has 6 nitrogen and oxygen atoms in total. The Hall–Kier alpha value is -4.53. The number of imidazole rings is 1. The minimum Gasteiger partial charge on any atom is -0.466 e. The smallest absolute Gasteiger partial charge is 0.310 e. The minimum atomic E-state index is -0.810. The van der Waals surface area contributed by atoms with Gasteiger partial charge in [0.15, 0.2) is 17.4 Å². The van der Waals surface area contributed by atoms with E-state index in [1.807, 2.05) is 17.6 Å². The Morgan fingerprint density at radius 1 is 1.12 bits per heavy atom. The molecule has 5 aromatic rings. The van der Waals surface area contributed by atoms with Crippen molar-refractivity contribution < 1.29 is 27.4 Å². The number of nitrogens with zero attached hydrogens (tertiary/aromatic N) is 2. The van der Waals surface area contributed by atoms with Gasteiger partial charge in [-0.15, -0.1) is 0 Å². The van der Waals surface area contributed by atoms with Crippen molar-refractivity contribution in [3.8, 4) is 22.9 Å². The highest BCUT2D eigenvalue weighted by molar-refractivity contribution is 5.82. The van der Waals surface area contributed by atoms with Gasteiger partial charge in [0.2, 0.25) is 0 Å². The molecule has 1 aliphatic heterocycles. The molecular formula is C31H26F3N3O3. The summed E-state index contributed by atoms with van der Waals surface area (Å²) in [6.45, 7) is 4.48. The molecule has 1 N–H and O–H groups in total. The van der Waals surface area contributed by atoms with Crippen LogP contribution in [0, 0.1) is 17.5 Å². The Labute approximate surface area is 228 Å². The van der Waals surface area contributed by atoms with E-state index in [0.717, 1.165) is 16.8 Å². The fourth-order valence-corrected chi connectivity index (χ4v) is 5.38. The topological polar surface area (TPSA) is 69.1 Å². The summed E-state index contributed by atoms with van der Waals surface area (Å²) in [4.78, 5) is 19.4. The first-order valence-corrected chi connectivity index (χ1v) is 13.1. The summed E-state index contributed by atoms with van der Waals surface area (Å²) in [6, 6.07) is 13.0. The zero-order valence-corrected chi connectivity index (χ0v) is 21.9. The number of rotatable bonds is 7. The van der Waals surface area contributed by atoms with Crippen LogP contribution >= 0.6 is 0 Å². The highest BCUT2D eigenvalue weighted by Gasteiger charge is 2.26. The molecule has 40 heavy (non-hydrogen) atoms. The molecule has 3 aromatic carbocycles. The minimum absolute atomic E-state index is 0.140. The lowest BCUT2D eigenvalue weighted by molar-refractivity contribution is -0.142. The third-order valence-electron chi connectivity index (χ3n) is 7.39. The maximum atomic E-state index is 15.5. The predicted octanol–water partition coefficient (Wildman–Crippen LogP) is 7.05. The van der Waals surface area contributed by atoms with Crippen LogP contribution in [0.3, 0.4) is 0 Å². The molecule has 0 radical (unpaired) electrons. The molecule has 0 amide bonds. The number of ether oxygens (including phenoxy) is 2. The monoisotopic (exact) mass is 545 g/mol. The normalized spacial score (nSPS) is 13.1. The number of H-pyrrole nitrogens is 1. The molecule has 0 saturated heterocycles. The van der Waals surface area contributed by atoms with Crippen molar-refractivity contribution in [2.45, 2.75) is 39.2 Å². The van der Waals surface area contributed by atoms with Gasteiger partial charge in [0.05, 0.1) is 18.5 Å². The molecular weight excluding hydrogens is 519 g/mol. The zero-order chi connectivity index (χ0) is 28.0. The van der Waals surface area contributed by atoms with Crippen molar-refractivity contribution in [1.29, 1.82) is 0 Å². The largest absolute Gasteiger partial charge is 0.466 e. The van der Waals surface area contributed by atoms with Crippen molar-refractivity contribution in [3.05, 3.63) is 101 Å². The third-order valence-corrected chi connectivity index (χ3v) is 7.39. The number of aryl methyl sites for hydroxylation is 1. The summed E-state index contributed by atoms with van der Waals surface area (Å²) in [6.07, 6.45) is 3.82. The van der Waals surface area contributed by atoms with Gasteiger partial charge in [-0.3, -0.25) is 4.79 Å². The van der Waals surface area contributed by atoms with Crippen LogP contribution in [0.1, 0.15) is 42.1 Å². The molecule has 3 heterocycles. The van der Waals surface area contributed by atoms with Crippen molar-refractivity contribution in [1.82, 2.24) is 14.5 Å². The van der Waals surface area contributed by atoms with Gasteiger partial charge in [-0.2, -0.15) is 0 Å². The lowest BCUT2D eigenvalue weighted by Gasteiger charge is -2.23. The van der Waals surface area contributed by atoms with Gasteiger partial charge in [0.1, 0.15) is 17.4 Å². The van der Waals surface area contributed by atoms with E-state index >= 15 is 4.39 Å². The van der Waals surface area contributed by atoms with Gasteiger partial charge in [-0.1, -0.05) is 31.2 Å². The van der Waals surface area contributed by atoms with E-state index in [1.54, 1.807) is 43.5 Å². The molecule has 9 heteroatoms. The Morgan fingerprint density at radius 3 is 2.80 bits per heavy atom. The lowest BCUT2D eigenvalue weighted by Crippen LogP contribution is -2.16. The maximum absolute atomic E-state index is 15.5. The summed E-state index contributed by atoms with van der Waals surface area (Å²) in [5.74, 6) is -2.38. The molecule has 204 valence electrons. The first-order valence-electron chi connectivity index (χ1n) is 13.1. The van der Waals surface area contributed by atoms with E-state index in [0.29, 0.717) is 29.9 Å². The van der Waals surface area contributed by atoms with Crippen molar-refractivity contribution in [3.63, 3.8) is 0 Å². The molecule has 0 saturated carbocycles. The number of nitrogens with one attached hydrogen (secondary N) is 1. The number of hydrogen-bond acceptors (Lipinski definition) is 4. The van der Waals surface area contributed by atoms with Gasteiger partial charge in [-0.25, -0.2) is 18.2 Å². The summed E-state index contributed by atoms with van der Waals surface area (Å²) < 4.78 is 57.9. The van der Waals surface area contributed by atoms with Crippen molar-refractivity contribution in [2.75, 3.05) is 6.61 Å². The number of halogens is 3. The fourth-order valence-electron chi connectivity index (χ4n) is 5.38. The standard InChI is InChI=1S/C31H26F3N3O3/c1-3-39-27(38)13-19-5-4-6-21(28(19)33)17(2)26-16-36-31-23-14-20(8-7-18(23)10-12-37(26)31)40-30-24(32)15-25-22(29(30)34)9-11-35-25/h4-9,11,14-17,35H,3,10,12-13H2,1-2H3. The van der Waals surface area contributed by atoms with E-state index in [-0.39, 0.29) is 35.6 Å². The first kappa shape index (κ1) is 25.7. The number of carbonyl (C=O) groups is 1. The number of aromatic amines is 1. The van der Waals surface area contributed by atoms with Crippen LogP contribution in [0.2, 0.25) is 0 Å². The van der Waals surface area contributed by atoms with E-state index in [9.17, 15) is 13.6 Å². The summed E-state index contributed by atoms with van der Waals surface area (Å²) >= 11 is 0. The SMILES string of the molecule is CCOC(=O)Cc1cccc(C(C)c2cnc3n2CCc2ccc(Oc4c(F)cc5[nH]ccc5c4F)cc2-3)c1F. The second-order valence-electron chi connectivity index (χ2n) is 9.79. The van der Waals surface area contributed by atoms with E-state index < -0.39 is 29.2 Å². The van der Waals surface area contributed by atoms with Crippen molar-refractivity contribution >= 4 is 16.9 Å². The van der Waals surface area contributed by atoms with Gasteiger partial charge in [0, 0.05) is 47.6 Å². The highest BCUT2D eigenvalue weighted by Crippen LogP contribution is 2.39. The molecule has 1 aliphatic rings. The van der Waals surface area contributed by atoms with Crippen LogP contribution in [0.4, 0.5) is 13.2 Å². The molecule has 0 bridgehead atoms. The van der Waals surface area contributed by atoms with Crippen LogP contribution in [0.5, 0.6) is 11.5 Å². The molecule has 1 atom stereocenters. The Kier molecular flexibility index (Phi) is 6.57. The maximum Gasteiger partial charge on any atom is 0.310 e. The van der Waals surface area contributed by atoms with Crippen LogP contribution in [0.25, 0.3) is 22.3 Å². The Bertz CT molecular complexity index is 1760. The van der Waals surface area contributed by atoms with Crippen LogP contribution < -0.4 is 4.74 Å². The highest BCUT2D eigenvalue weighted by atomic mass is 19.1. The zero-order valence-electron chi connectivity index (χ0n) is 21.9. The molecule has 0 aliphatic carbocycles. The van der Waals surface area contributed by atoms with E-state index in [1.165, 1.54) is 18.3 Å². The Morgan fingerprint density at radius 2 is 1.98 bits per heavy atom. The number of hydrogen-bond donors (Lipinski definition) is 1. The number of benzene rings is 3. The molecule has 0 fully saturated rings. The van der Waals surface area contributed by atoms with Crippen LogP contribution in [-0.2, 0) is 28.9 Å². The first-order chi connectivity index (χ1) is 19.4. The predicted molar refractivity (Wildman–Crippen MR) is 144 cm³/mol. The average molecular weight is 546 g/mol. The second kappa shape index (κ2) is 10.2. The van der Waals surface area contributed by atoms with Crippen LogP contribution in [-0.4, -0.2) is 27.1 Å². The second-order valence-corrected chi connectivity index (χ2v) is 9.79. The van der Waals surface area contributed by atoms with Gasteiger partial charge in [0.25, 0.3) is 0 Å². The Balaban J connectivity index is 1.32. The number of fused-ring (bicyclic) bond motifs is 4. The van der Waals surface area contributed by atoms with Gasteiger partial charge >= 0.3 is 5.97 Å². The lowest BCUT2D eigenvalue weighted by atomic mass is 9.94. The number of carbonyl (C=O) groups excluding carboxylic acids is 1. The van der Waals surface area contributed by atoms with E-state index in [2.05, 4.69) is 9.97 Å². The van der Waals surface area contributed by atoms with E-state index in [4.69, 9.17) is 9.47 Å². The third kappa shape index (κ3) is 4.41.